The molecule has 0 spiro atoms. The van der Waals surface area contributed by atoms with E-state index < -0.39 is 0 Å². The van der Waals surface area contributed by atoms with E-state index in [1.165, 1.54) is 49.0 Å². The van der Waals surface area contributed by atoms with Crippen LogP contribution in [0.2, 0.25) is 5.02 Å². The van der Waals surface area contributed by atoms with Gasteiger partial charge in [0.05, 0.1) is 5.02 Å². The van der Waals surface area contributed by atoms with Gasteiger partial charge in [-0.3, -0.25) is 4.79 Å². The van der Waals surface area contributed by atoms with E-state index >= 15 is 0 Å². The van der Waals surface area contributed by atoms with Crippen LogP contribution >= 0.6 is 22.9 Å². The van der Waals surface area contributed by atoms with Gasteiger partial charge in [-0.05, 0) is 48.9 Å². The van der Waals surface area contributed by atoms with Crippen molar-refractivity contribution in [3.05, 3.63) is 69.9 Å². The number of hydrogen-bond donors (Lipinski definition) is 1. The summed E-state index contributed by atoms with van der Waals surface area (Å²) in [6.07, 6.45) is 7.63. The summed E-state index contributed by atoms with van der Waals surface area (Å²) < 4.78 is 1.03. The first kappa shape index (κ1) is 17.6. The molecule has 26 heavy (non-hydrogen) atoms. The van der Waals surface area contributed by atoms with E-state index in [4.69, 9.17) is 11.6 Å². The third-order valence-electron chi connectivity index (χ3n) is 4.97. The molecule has 0 aliphatic heterocycles. The van der Waals surface area contributed by atoms with E-state index in [1.54, 1.807) is 5.92 Å². The minimum atomic E-state index is -0.148. The predicted molar refractivity (Wildman–Crippen MR) is 111 cm³/mol. The van der Waals surface area contributed by atoms with Crippen LogP contribution in [-0.2, 0) is 6.42 Å². The number of amides is 1. The van der Waals surface area contributed by atoms with Crippen LogP contribution in [0.25, 0.3) is 10.1 Å². The minimum Gasteiger partial charge on any atom is -0.321 e. The second-order valence-corrected chi connectivity index (χ2v) is 8.31. The Balaban J connectivity index is 1.44. The summed E-state index contributed by atoms with van der Waals surface area (Å²) in [5.41, 5.74) is 2.13. The van der Waals surface area contributed by atoms with Gasteiger partial charge in [-0.2, -0.15) is 0 Å². The lowest BCUT2D eigenvalue weighted by atomic mass is 9.85. The smallest absolute Gasteiger partial charge is 0.267 e. The Morgan fingerprint density at radius 1 is 1.00 bits per heavy atom. The van der Waals surface area contributed by atoms with Gasteiger partial charge in [-0.25, -0.2) is 0 Å². The Labute approximate surface area is 163 Å². The van der Waals surface area contributed by atoms with E-state index in [2.05, 4.69) is 17.4 Å². The summed E-state index contributed by atoms with van der Waals surface area (Å²) in [5.74, 6) is 1.51. The molecule has 1 aromatic heterocycles. The van der Waals surface area contributed by atoms with Gasteiger partial charge < -0.3 is 5.32 Å². The molecule has 1 aliphatic carbocycles. The molecule has 1 N–H and O–H groups in total. The maximum Gasteiger partial charge on any atom is 0.267 e. The molecule has 133 valence electrons. The molecule has 0 atom stereocenters. The number of thiophene rings is 1. The van der Waals surface area contributed by atoms with Gasteiger partial charge in [0.1, 0.15) is 4.88 Å². The number of rotatable bonds is 4. The van der Waals surface area contributed by atoms with Crippen molar-refractivity contribution >= 4 is 44.6 Å². The standard InChI is InChI=1S/C22H21ClNOS/c23-20-18-8-4-5-9-19(18)26-21(20)22(25)24-17-12-10-16(11-13-17)14-15-6-2-1-3-7-15/h4-5,8-13H,1-3,6-7,14H2,(H,24,25). The number of carbonyl (C=O) groups is 1. The molecule has 1 fully saturated rings. The average molecular weight is 383 g/mol. The van der Waals surface area contributed by atoms with Crippen molar-refractivity contribution in [3.8, 4) is 0 Å². The van der Waals surface area contributed by atoms with Crippen LogP contribution in [-0.4, -0.2) is 5.91 Å². The summed E-state index contributed by atoms with van der Waals surface area (Å²) >= 11 is 7.83. The molecular weight excluding hydrogens is 362 g/mol. The number of nitrogens with one attached hydrogen (secondary N) is 1. The van der Waals surface area contributed by atoms with Crippen molar-refractivity contribution in [3.63, 3.8) is 0 Å². The molecule has 0 unspecified atom stereocenters. The molecular formula is C22H21ClNOS. The molecule has 0 saturated heterocycles. The first-order chi connectivity index (χ1) is 12.7. The summed E-state index contributed by atoms with van der Waals surface area (Å²) in [7, 11) is 0. The van der Waals surface area contributed by atoms with E-state index in [0.29, 0.717) is 9.90 Å². The third-order valence-corrected chi connectivity index (χ3v) is 6.64. The molecule has 2 aromatic carbocycles. The molecule has 1 radical (unpaired) electrons. The summed E-state index contributed by atoms with van der Waals surface area (Å²) in [6.45, 7) is 0. The lowest BCUT2D eigenvalue weighted by Crippen LogP contribution is -2.11. The van der Waals surface area contributed by atoms with Gasteiger partial charge in [0, 0.05) is 15.8 Å². The Morgan fingerprint density at radius 2 is 1.73 bits per heavy atom. The maximum atomic E-state index is 12.6. The van der Waals surface area contributed by atoms with E-state index in [1.807, 2.05) is 36.4 Å². The van der Waals surface area contributed by atoms with Crippen LogP contribution in [0.3, 0.4) is 0 Å². The molecule has 3 aromatic rings. The third kappa shape index (κ3) is 3.79. The van der Waals surface area contributed by atoms with Gasteiger partial charge in [-0.1, -0.05) is 61.2 Å². The normalized spacial score (nSPS) is 15.3. The minimum absolute atomic E-state index is 0.148. The monoisotopic (exact) mass is 382 g/mol. The van der Waals surface area contributed by atoms with Gasteiger partial charge in [0.15, 0.2) is 0 Å². The van der Waals surface area contributed by atoms with Gasteiger partial charge in [-0.15, -0.1) is 11.3 Å². The Morgan fingerprint density at radius 3 is 2.46 bits per heavy atom. The van der Waals surface area contributed by atoms with Crippen LogP contribution < -0.4 is 5.32 Å². The highest BCUT2D eigenvalue weighted by Gasteiger charge is 2.17. The molecule has 4 heteroatoms. The van der Waals surface area contributed by atoms with Crippen molar-refractivity contribution in [2.24, 2.45) is 0 Å². The lowest BCUT2D eigenvalue weighted by molar-refractivity contribution is 0.103. The van der Waals surface area contributed by atoms with E-state index in [-0.39, 0.29) is 5.91 Å². The largest absolute Gasteiger partial charge is 0.321 e. The van der Waals surface area contributed by atoms with Crippen molar-refractivity contribution in [2.45, 2.75) is 38.5 Å². The van der Waals surface area contributed by atoms with Gasteiger partial charge in [0.25, 0.3) is 5.91 Å². The molecule has 2 nitrogen and oxygen atoms in total. The first-order valence-electron chi connectivity index (χ1n) is 9.11. The predicted octanol–water partition coefficient (Wildman–Crippen LogP) is 6.89. The molecule has 1 saturated carbocycles. The van der Waals surface area contributed by atoms with Crippen molar-refractivity contribution in [2.75, 3.05) is 5.32 Å². The number of halogens is 1. The summed E-state index contributed by atoms with van der Waals surface area (Å²) in [5, 5.41) is 4.44. The van der Waals surface area contributed by atoms with E-state index in [0.717, 1.165) is 22.2 Å². The van der Waals surface area contributed by atoms with Crippen LogP contribution in [0.15, 0.2) is 48.5 Å². The second kappa shape index (κ2) is 7.81. The highest BCUT2D eigenvalue weighted by molar-refractivity contribution is 7.21. The quantitative estimate of drug-likeness (QED) is 0.523. The van der Waals surface area contributed by atoms with Crippen molar-refractivity contribution in [1.82, 2.24) is 0 Å². The number of carbonyl (C=O) groups excluding carboxylic acids is 1. The molecule has 4 rings (SSSR count). The highest BCUT2D eigenvalue weighted by Crippen LogP contribution is 2.35. The summed E-state index contributed by atoms with van der Waals surface area (Å²) in [4.78, 5) is 13.2. The van der Waals surface area contributed by atoms with Crippen LogP contribution in [0.4, 0.5) is 5.69 Å². The topological polar surface area (TPSA) is 29.1 Å². The molecule has 1 heterocycles. The zero-order valence-corrected chi connectivity index (χ0v) is 16.1. The lowest BCUT2D eigenvalue weighted by Gasteiger charge is -2.21. The zero-order chi connectivity index (χ0) is 17.9. The Bertz CT molecular complexity index is 910. The van der Waals surface area contributed by atoms with Gasteiger partial charge in [0.2, 0.25) is 0 Å². The molecule has 1 amide bonds. The average Bonchev–Trinajstić information content (AvgIpc) is 3.01. The fourth-order valence-corrected chi connectivity index (χ4v) is 4.98. The number of hydrogen-bond acceptors (Lipinski definition) is 2. The summed E-state index contributed by atoms with van der Waals surface area (Å²) in [6, 6.07) is 16.0. The SMILES string of the molecule is O=C(Nc1ccc(C[C]2CCCCC2)cc1)c1sc2ccccc2c1Cl. The van der Waals surface area contributed by atoms with Crippen molar-refractivity contribution in [1.29, 1.82) is 0 Å². The number of fused-ring (bicyclic) bond motifs is 1. The fraction of sp³-hybridized carbons (Fsp3) is 0.273. The zero-order valence-electron chi connectivity index (χ0n) is 14.6. The molecule has 1 aliphatic rings. The van der Waals surface area contributed by atoms with Crippen LogP contribution in [0, 0.1) is 5.92 Å². The van der Waals surface area contributed by atoms with Crippen LogP contribution in [0.5, 0.6) is 0 Å². The highest BCUT2D eigenvalue weighted by atomic mass is 35.5. The number of benzene rings is 2. The Hall–Kier alpha value is -1.84. The van der Waals surface area contributed by atoms with Crippen LogP contribution in [0.1, 0.15) is 47.3 Å². The second-order valence-electron chi connectivity index (χ2n) is 6.88. The fourth-order valence-electron chi connectivity index (χ4n) is 3.57. The Kier molecular flexibility index (Phi) is 5.28. The molecule has 0 bridgehead atoms. The van der Waals surface area contributed by atoms with E-state index in [9.17, 15) is 4.79 Å². The van der Waals surface area contributed by atoms with Crippen molar-refractivity contribution < 1.29 is 4.79 Å². The van der Waals surface area contributed by atoms with Gasteiger partial charge >= 0.3 is 0 Å². The number of anilines is 1. The first-order valence-corrected chi connectivity index (χ1v) is 10.3. The maximum absolute atomic E-state index is 12.6.